The highest BCUT2D eigenvalue weighted by atomic mass is 19.2. The van der Waals surface area contributed by atoms with Crippen molar-refractivity contribution in [3.8, 4) is 5.75 Å². The number of carbonyl (C=O) groups excluding carboxylic acids is 3. The van der Waals surface area contributed by atoms with Crippen molar-refractivity contribution in [2.75, 3.05) is 19.7 Å². The van der Waals surface area contributed by atoms with Crippen LogP contribution in [0, 0.1) is 24.4 Å². The maximum Gasteiger partial charge on any atom is 0.252 e. The molecule has 2 aliphatic heterocycles. The number of aryl methyl sites for hydroxylation is 2. The lowest BCUT2D eigenvalue weighted by molar-refractivity contribution is -0.134. The highest BCUT2D eigenvalue weighted by molar-refractivity contribution is 6.03. The molecule has 0 unspecified atom stereocenters. The molecular weight excluding hydrogens is 645 g/mol. The van der Waals surface area contributed by atoms with Crippen molar-refractivity contribution in [3.05, 3.63) is 106 Å². The molecule has 2 bridgehead atoms. The molecule has 3 amide bonds. The first-order valence-corrected chi connectivity index (χ1v) is 17.3. The predicted octanol–water partition coefficient (Wildman–Crippen LogP) is 5.60. The van der Waals surface area contributed by atoms with E-state index in [1.807, 2.05) is 46.2 Å². The summed E-state index contributed by atoms with van der Waals surface area (Å²) in [7, 11) is 0. The van der Waals surface area contributed by atoms with E-state index >= 15 is 0 Å². The Morgan fingerprint density at radius 1 is 0.940 bits per heavy atom. The molecule has 11 heteroatoms. The number of benzene rings is 3. The van der Waals surface area contributed by atoms with Gasteiger partial charge in [-0.25, -0.2) is 8.78 Å². The van der Waals surface area contributed by atoms with Crippen LogP contribution in [-0.2, 0) is 27.3 Å². The Balaban J connectivity index is 1.22. The van der Waals surface area contributed by atoms with Gasteiger partial charge in [0.2, 0.25) is 17.6 Å². The van der Waals surface area contributed by atoms with Crippen molar-refractivity contribution in [3.63, 3.8) is 0 Å². The van der Waals surface area contributed by atoms with Crippen LogP contribution in [0.3, 0.4) is 0 Å². The van der Waals surface area contributed by atoms with Gasteiger partial charge in [0, 0.05) is 50.1 Å². The van der Waals surface area contributed by atoms with Crippen LogP contribution in [-0.4, -0.2) is 65.3 Å². The Hall–Kier alpha value is -4.64. The van der Waals surface area contributed by atoms with E-state index in [1.54, 1.807) is 0 Å². The summed E-state index contributed by atoms with van der Waals surface area (Å²) in [6, 6.07) is 17.4. The van der Waals surface area contributed by atoms with Crippen molar-refractivity contribution in [1.82, 2.24) is 15.1 Å². The first-order chi connectivity index (χ1) is 24.1. The minimum Gasteiger partial charge on any atom is -0.488 e. The fourth-order valence-corrected chi connectivity index (χ4v) is 6.99. The maximum atomic E-state index is 14.7. The Bertz CT molecular complexity index is 1780. The van der Waals surface area contributed by atoms with E-state index in [0.717, 1.165) is 52.8 Å². The molecule has 3 aliphatic rings. The summed E-state index contributed by atoms with van der Waals surface area (Å²) < 4.78 is 46.6. The number of carbonyl (C=O) groups is 3. The second-order valence-corrected chi connectivity index (χ2v) is 13.5. The summed E-state index contributed by atoms with van der Waals surface area (Å²) in [5, 5.41) is 3.64. The third kappa shape index (κ3) is 8.21. The first kappa shape index (κ1) is 35.2. The van der Waals surface area contributed by atoms with Crippen molar-refractivity contribution in [2.45, 2.75) is 83.0 Å². The summed E-state index contributed by atoms with van der Waals surface area (Å²) in [6.45, 7) is 3.41. The van der Waals surface area contributed by atoms with Gasteiger partial charge in [-0.15, -0.1) is 0 Å². The van der Waals surface area contributed by atoms with Gasteiger partial charge >= 0.3 is 0 Å². The van der Waals surface area contributed by atoms with Crippen LogP contribution < -0.4 is 15.8 Å². The molecule has 0 radical (unpaired) electrons. The van der Waals surface area contributed by atoms with Gasteiger partial charge in [0.15, 0.2) is 17.4 Å². The minimum atomic E-state index is -1.34. The SMILES string of the molecule is Cc1ccccc1CN(C(=O)C1=C(c2ccc(CCCOc3c(F)ccc(F)c3F)cc2)C[C@@H]2CN(C(=O)CCCC(N)=O)C[C@H]1N2)C1CC1. The van der Waals surface area contributed by atoms with E-state index in [-0.39, 0.29) is 49.4 Å². The summed E-state index contributed by atoms with van der Waals surface area (Å²) in [5.41, 5.74) is 11.1. The van der Waals surface area contributed by atoms with E-state index in [0.29, 0.717) is 50.9 Å². The van der Waals surface area contributed by atoms with Crippen LogP contribution in [0.2, 0.25) is 0 Å². The minimum absolute atomic E-state index is 0.00746. The van der Waals surface area contributed by atoms with Crippen LogP contribution in [0.15, 0.2) is 66.2 Å². The zero-order valence-electron chi connectivity index (χ0n) is 28.2. The van der Waals surface area contributed by atoms with Crippen LogP contribution >= 0.6 is 0 Å². The lowest BCUT2D eigenvalue weighted by Crippen LogP contribution is -2.62. The molecule has 2 atom stereocenters. The molecule has 0 spiro atoms. The molecule has 6 rings (SSSR count). The van der Waals surface area contributed by atoms with Gasteiger partial charge in [-0.3, -0.25) is 14.4 Å². The number of fused-ring (bicyclic) bond motifs is 2. The largest absolute Gasteiger partial charge is 0.488 e. The Morgan fingerprint density at radius 2 is 1.68 bits per heavy atom. The molecule has 0 aromatic heterocycles. The second kappa shape index (κ2) is 15.5. The molecule has 8 nitrogen and oxygen atoms in total. The number of nitrogens with zero attached hydrogens (tertiary/aromatic N) is 2. The van der Waals surface area contributed by atoms with Crippen LogP contribution in [0.4, 0.5) is 13.2 Å². The Kier molecular flexibility index (Phi) is 10.9. The van der Waals surface area contributed by atoms with E-state index in [2.05, 4.69) is 24.4 Å². The summed E-state index contributed by atoms with van der Waals surface area (Å²) in [4.78, 5) is 43.0. The number of piperazine rings is 1. The summed E-state index contributed by atoms with van der Waals surface area (Å²) in [5.74, 6) is -4.67. The third-order valence-corrected chi connectivity index (χ3v) is 9.81. The number of primary amides is 1. The highest BCUT2D eigenvalue weighted by Crippen LogP contribution is 2.38. The summed E-state index contributed by atoms with van der Waals surface area (Å²) in [6.07, 6.45) is 4.24. The number of halogens is 3. The quantitative estimate of drug-likeness (QED) is 0.170. The fourth-order valence-electron chi connectivity index (χ4n) is 6.99. The van der Waals surface area contributed by atoms with Crippen LogP contribution in [0.25, 0.3) is 5.57 Å². The Labute approximate surface area is 290 Å². The topological polar surface area (TPSA) is 105 Å². The number of hydrogen-bond donors (Lipinski definition) is 2. The van der Waals surface area contributed by atoms with E-state index < -0.39 is 29.1 Å². The fraction of sp³-hybridized carbons (Fsp3) is 0.410. The van der Waals surface area contributed by atoms with Gasteiger partial charge in [0.05, 0.1) is 12.6 Å². The van der Waals surface area contributed by atoms with Gasteiger partial charge in [-0.1, -0.05) is 48.5 Å². The Morgan fingerprint density at radius 3 is 2.40 bits per heavy atom. The molecule has 2 fully saturated rings. The molecule has 3 aromatic carbocycles. The van der Waals surface area contributed by atoms with E-state index in [1.165, 1.54) is 0 Å². The zero-order chi connectivity index (χ0) is 35.4. The van der Waals surface area contributed by atoms with E-state index in [9.17, 15) is 27.6 Å². The van der Waals surface area contributed by atoms with Crippen LogP contribution in [0.5, 0.6) is 5.75 Å². The smallest absolute Gasteiger partial charge is 0.252 e. The maximum absolute atomic E-state index is 14.7. The molecule has 50 heavy (non-hydrogen) atoms. The first-order valence-electron chi connectivity index (χ1n) is 17.3. The van der Waals surface area contributed by atoms with Crippen molar-refractivity contribution < 1.29 is 32.3 Å². The molecule has 3 N–H and O–H groups in total. The number of ether oxygens (including phenoxy) is 1. The number of rotatable bonds is 14. The monoisotopic (exact) mass is 688 g/mol. The van der Waals surface area contributed by atoms with Gasteiger partial charge in [-0.05, 0) is 85.4 Å². The molecule has 3 aromatic rings. The number of amides is 3. The average molecular weight is 689 g/mol. The molecule has 1 aliphatic carbocycles. The van der Waals surface area contributed by atoms with Gasteiger partial charge < -0.3 is 25.6 Å². The van der Waals surface area contributed by atoms with Crippen molar-refractivity contribution >= 4 is 23.3 Å². The predicted molar refractivity (Wildman–Crippen MR) is 183 cm³/mol. The molecule has 1 saturated carbocycles. The second-order valence-electron chi connectivity index (χ2n) is 13.5. The van der Waals surface area contributed by atoms with Crippen LogP contribution in [0.1, 0.15) is 67.2 Å². The van der Waals surface area contributed by atoms with Crippen molar-refractivity contribution in [1.29, 1.82) is 0 Å². The third-order valence-electron chi connectivity index (χ3n) is 9.81. The van der Waals surface area contributed by atoms with Gasteiger partial charge in [0.25, 0.3) is 5.91 Å². The van der Waals surface area contributed by atoms with Gasteiger partial charge in [0.1, 0.15) is 0 Å². The molecular formula is C39H43F3N4O4. The average Bonchev–Trinajstić information content (AvgIpc) is 3.94. The lowest BCUT2D eigenvalue weighted by Gasteiger charge is -2.45. The summed E-state index contributed by atoms with van der Waals surface area (Å²) >= 11 is 0. The standard InChI is InChI=1S/C39H43F3N4O4/c1-24-6-2-3-8-27(24)21-46(29-15-16-29)39(49)36-30(20-28-22-45(23-33(36)44-28)35(48)10-4-9-34(43)47)26-13-11-25(12-14-26)7-5-19-50-38-32(41)18-17-31(40)37(38)42/h2-3,6,8,11-14,17-18,28-29,33,44H,4-5,7,9-10,15-16,19-23H2,1H3,(H2,43,47)/t28-,33-/m1/s1. The molecule has 2 heterocycles. The number of hydrogen-bond acceptors (Lipinski definition) is 5. The van der Waals surface area contributed by atoms with Gasteiger partial charge in [-0.2, -0.15) is 4.39 Å². The lowest BCUT2D eigenvalue weighted by atomic mass is 9.82. The number of nitrogens with one attached hydrogen (secondary N) is 1. The molecule has 1 saturated heterocycles. The normalized spacial score (nSPS) is 18.6. The van der Waals surface area contributed by atoms with E-state index in [4.69, 9.17) is 10.5 Å². The van der Waals surface area contributed by atoms with Crippen molar-refractivity contribution in [2.24, 2.45) is 5.73 Å². The highest BCUT2D eigenvalue weighted by Gasteiger charge is 2.43. The number of nitrogens with two attached hydrogens (primary N) is 1. The zero-order valence-corrected chi connectivity index (χ0v) is 28.2. The molecule has 264 valence electrons.